The summed E-state index contributed by atoms with van der Waals surface area (Å²) in [7, 11) is 0. The summed E-state index contributed by atoms with van der Waals surface area (Å²) in [6.45, 7) is 0. The van der Waals surface area contributed by atoms with Crippen LogP contribution in [0, 0.1) is 23.1 Å². The van der Waals surface area contributed by atoms with E-state index in [1.807, 2.05) is 0 Å². The highest BCUT2D eigenvalue weighted by atomic mass is 19.1. The van der Waals surface area contributed by atoms with Gasteiger partial charge in [-0.25, -0.2) is 9.37 Å². The summed E-state index contributed by atoms with van der Waals surface area (Å²) in [5.74, 6) is 5.86. The van der Waals surface area contributed by atoms with E-state index < -0.39 is 0 Å². The average Bonchev–Trinajstić information content (AvgIpc) is 2.59. The third kappa shape index (κ3) is 2.02. The lowest BCUT2D eigenvalue weighted by Crippen LogP contribution is -2.40. The molecule has 0 saturated heterocycles. The zero-order chi connectivity index (χ0) is 12.6. The lowest BCUT2D eigenvalue weighted by atomic mass is 9.74. The Morgan fingerprint density at radius 2 is 2.17 bits per heavy atom. The van der Waals surface area contributed by atoms with Crippen LogP contribution in [-0.4, -0.2) is 10.5 Å². The second-order valence-electron chi connectivity index (χ2n) is 5.76. The number of nitrogens with zero attached hydrogens (tertiary/aromatic N) is 1. The molecule has 1 heterocycles. The first-order chi connectivity index (χ1) is 8.61. The van der Waals surface area contributed by atoms with Gasteiger partial charge in [-0.15, -0.1) is 0 Å². The van der Waals surface area contributed by atoms with Crippen molar-refractivity contribution in [2.75, 3.05) is 0 Å². The molecule has 2 fully saturated rings. The standard InChI is InChI=1S/C15H17FN2/c16-12-3-1-10-18-13(12)4-7-14-5-2-6-15(17,11-14)9-8-14/h1,3,10H,2,5-6,8-9,11,17H2/t14-,15+/m0/s1. The van der Waals surface area contributed by atoms with E-state index in [2.05, 4.69) is 16.8 Å². The van der Waals surface area contributed by atoms with E-state index in [-0.39, 0.29) is 22.5 Å². The minimum atomic E-state index is -0.339. The van der Waals surface area contributed by atoms with E-state index >= 15 is 0 Å². The van der Waals surface area contributed by atoms with Crippen molar-refractivity contribution < 1.29 is 4.39 Å². The quantitative estimate of drug-likeness (QED) is 0.712. The minimum Gasteiger partial charge on any atom is -0.325 e. The van der Waals surface area contributed by atoms with Gasteiger partial charge >= 0.3 is 0 Å². The topological polar surface area (TPSA) is 38.9 Å². The molecule has 2 atom stereocenters. The molecular formula is C15H17FN2. The Balaban J connectivity index is 1.88. The van der Waals surface area contributed by atoms with Crippen molar-refractivity contribution in [1.82, 2.24) is 4.98 Å². The fourth-order valence-corrected chi connectivity index (χ4v) is 3.38. The van der Waals surface area contributed by atoms with Gasteiger partial charge in [0.15, 0.2) is 5.82 Å². The number of nitrogens with two attached hydrogens (primary N) is 1. The zero-order valence-electron chi connectivity index (χ0n) is 10.4. The highest BCUT2D eigenvalue weighted by molar-refractivity contribution is 5.32. The molecule has 0 amide bonds. The number of pyridine rings is 1. The van der Waals surface area contributed by atoms with Crippen LogP contribution in [0.1, 0.15) is 44.2 Å². The van der Waals surface area contributed by atoms with E-state index in [0.717, 1.165) is 38.5 Å². The predicted octanol–water partition coefficient (Wildman–Crippen LogP) is 2.62. The van der Waals surface area contributed by atoms with Gasteiger partial charge in [0.05, 0.1) is 0 Å². The summed E-state index contributed by atoms with van der Waals surface area (Å²) in [6, 6.07) is 2.98. The maximum atomic E-state index is 13.5. The van der Waals surface area contributed by atoms with Crippen molar-refractivity contribution in [3.05, 3.63) is 29.8 Å². The highest BCUT2D eigenvalue weighted by Gasteiger charge is 2.48. The van der Waals surface area contributed by atoms with Crippen molar-refractivity contribution >= 4 is 0 Å². The van der Waals surface area contributed by atoms with Crippen molar-refractivity contribution in [2.45, 2.75) is 44.1 Å². The molecule has 2 saturated carbocycles. The average molecular weight is 244 g/mol. The molecule has 18 heavy (non-hydrogen) atoms. The maximum absolute atomic E-state index is 13.5. The van der Waals surface area contributed by atoms with Gasteiger partial charge in [0, 0.05) is 17.2 Å². The molecular weight excluding hydrogens is 227 g/mol. The molecule has 0 unspecified atom stereocenters. The zero-order valence-corrected chi connectivity index (χ0v) is 10.4. The van der Waals surface area contributed by atoms with Crippen LogP contribution in [0.25, 0.3) is 0 Å². The Kier molecular flexibility index (Phi) is 2.64. The Hall–Kier alpha value is -1.40. The van der Waals surface area contributed by atoms with E-state index in [9.17, 15) is 4.39 Å². The monoisotopic (exact) mass is 244 g/mol. The molecule has 2 aliphatic rings. The number of aromatic nitrogens is 1. The summed E-state index contributed by atoms with van der Waals surface area (Å²) in [5.41, 5.74) is 6.58. The third-order valence-corrected chi connectivity index (χ3v) is 4.33. The van der Waals surface area contributed by atoms with E-state index in [0.29, 0.717) is 0 Å². The largest absolute Gasteiger partial charge is 0.325 e. The van der Waals surface area contributed by atoms with Crippen LogP contribution in [-0.2, 0) is 0 Å². The molecule has 3 heteroatoms. The number of rotatable bonds is 0. The molecule has 2 aliphatic carbocycles. The van der Waals surface area contributed by atoms with E-state index in [1.54, 1.807) is 12.3 Å². The normalized spacial score (nSPS) is 33.9. The fourth-order valence-electron chi connectivity index (χ4n) is 3.38. The van der Waals surface area contributed by atoms with Gasteiger partial charge in [0.2, 0.25) is 0 Å². The molecule has 0 radical (unpaired) electrons. The first kappa shape index (κ1) is 11.7. The van der Waals surface area contributed by atoms with Crippen molar-refractivity contribution in [3.8, 4) is 11.8 Å². The molecule has 1 aromatic rings. The summed E-state index contributed by atoms with van der Waals surface area (Å²) in [5, 5.41) is 0. The molecule has 3 rings (SSSR count). The fraction of sp³-hybridized carbons (Fsp3) is 0.533. The van der Waals surface area contributed by atoms with E-state index in [4.69, 9.17) is 5.73 Å². The third-order valence-electron chi connectivity index (χ3n) is 4.33. The Bertz CT molecular complexity index is 531. The molecule has 94 valence electrons. The number of hydrogen-bond acceptors (Lipinski definition) is 2. The minimum absolute atomic E-state index is 0.0109. The molecule has 0 spiro atoms. The number of fused-ring (bicyclic) bond motifs is 2. The Morgan fingerprint density at radius 3 is 3.00 bits per heavy atom. The summed E-state index contributed by atoms with van der Waals surface area (Å²) < 4.78 is 13.5. The van der Waals surface area contributed by atoms with Crippen molar-refractivity contribution in [1.29, 1.82) is 0 Å². The van der Waals surface area contributed by atoms with Crippen LogP contribution in [0.15, 0.2) is 18.3 Å². The van der Waals surface area contributed by atoms with Gasteiger partial charge in [-0.05, 0) is 50.2 Å². The molecule has 1 aromatic heterocycles. The molecule has 0 aliphatic heterocycles. The maximum Gasteiger partial charge on any atom is 0.157 e. The van der Waals surface area contributed by atoms with Crippen LogP contribution in [0.5, 0.6) is 0 Å². The van der Waals surface area contributed by atoms with Gasteiger partial charge in [-0.1, -0.05) is 12.3 Å². The Morgan fingerprint density at radius 1 is 1.28 bits per heavy atom. The van der Waals surface area contributed by atoms with Gasteiger partial charge in [-0.3, -0.25) is 0 Å². The van der Waals surface area contributed by atoms with Gasteiger partial charge in [0.25, 0.3) is 0 Å². The number of halogens is 1. The predicted molar refractivity (Wildman–Crippen MR) is 68.1 cm³/mol. The van der Waals surface area contributed by atoms with Crippen LogP contribution in [0.2, 0.25) is 0 Å². The van der Waals surface area contributed by atoms with Crippen LogP contribution < -0.4 is 5.73 Å². The van der Waals surface area contributed by atoms with Gasteiger partial charge in [-0.2, -0.15) is 0 Å². The summed E-state index contributed by atoms with van der Waals surface area (Å²) in [6.07, 6.45) is 7.96. The number of hydrogen-bond donors (Lipinski definition) is 1. The molecule has 2 N–H and O–H groups in total. The summed E-state index contributed by atoms with van der Waals surface area (Å²) in [4.78, 5) is 3.98. The van der Waals surface area contributed by atoms with Crippen molar-refractivity contribution in [3.63, 3.8) is 0 Å². The van der Waals surface area contributed by atoms with Gasteiger partial charge < -0.3 is 5.73 Å². The molecule has 2 nitrogen and oxygen atoms in total. The lowest BCUT2D eigenvalue weighted by molar-refractivity contribution is 0.257. The lowest BCUT2D eigenvalue weighted by Gasteiger charge is -2.33. The van der Waals surface area contributed by atoms with Crippen LogP contribution in [0.4, 0.5) is 4.39 Å². The first-order valence-electron chi connectivity index (χ1n) is 6.54. The van der Waals surface area contributed by atoms with Crippen molar-refractivity contribution in [2.24, 2.45) is 11.1 Å². The molecule has 2 bridgehead atoms. The first-order valence-corrected chi connectivity index (χ1v) is 6.54. The summed E-state index contributed by atoms with van der Waals surface area (Å²) >= 11 is 0. The second-order valence-corrected chi connectivity index (χ2v) is 5.76. The Labute approximate surface area is 107 Å². The highest BCUT2D eigenvalue weighted by Crippen LogP contribution is 2.52. The van der Waals surface area contributed by atoms with Crippen LogP contribution >= 0.6 is 0 Å². The second kappa shape index (κ2) is 4.07. The molecule has 0 aromatic carbocycles. The smallest absolute Gasteiger partial charge is 0.157 e. The SMILES string of the molecule is N[C@]12CCC[C@](C#Cc3ncccc3F)(CC1)C2. The van der Waals surface area contributed by atoms with Gasteiger partial charge in [0.1, 0.15) is 5.69 Å². The van der Waals surface area contributed by atoms with E-state index in [1.165, 1.54) is 6.07 Å². The van der Waals surface area contributed by atoms with Crippen LogP contribution in [0.3, 0.4) is 0 Å².